The number of nitrogens with one attached hydrogen (secondary N) is 2. The molecule has 66 valence electrons. The van der Waals surface area contributed by atoms with Crippen molar-refractivity contribution in [1.29, 1.82) is 0 Å². The Bertz CT molecular complexity index is 445. The van der Waals surface area contributed by atoms with Gasteiger partial charge in [0.1, 0.15) is 0 Å². The smallest absolute Gasteiger partial charge is 0.242 e. The quantitative estimate of drug-likeness (QED) is 0.515. The highest BCUT2D eigenvalue weighted by Gasteiger charge is 1.94. The molecule has 0 aliphatic heterocycles. The van der Waals surface area contributed by atoms with Gasteiger partial charge in [-0.25, -0.2) is 9.89 Å². The minimum Gasteiger partial charge on any atom is -0.242 e. The molecule has 2 rings (SSSR count). The molecule has 0 saturated heterocycles. The molecule has 11 nitrogen and oxygen atoms in total. The van der Waals surface area contributed by atoms with Crippen LogP contribution in [0.5, 0.6) is 0 Å². The standard InChI is InChI=1S/C2H2N10O/c13-2-6-11-12(7-2)10-5-1-3-8-9-4-1/h(H,7,13)(H,3,4,8,9)/b10-5+. The van der Waals surface area contributed by atoms with Crippen LogP contribution in [0.2, 0.25) is 0 Å². The number of aromatic nitrogens is 8. The topological polar surface area (TPSA) is 143 Å². The highest BCUT2D eigenvalue weighted by atomic mass is 16.2. The summed E-state index contributed by atoms with van der Waals surface area (Å²) in [6.45, 7) is 0. The Morgan fingerprint density at radius 2 is 2.31 bits per heavy atom. The summed E-state index contributed by atoms with van der Waals surface area (Å²) in [5.41, 5.74) is -0.618. The summed E-state index contributed by atoms with van der Waals surface area (Å²) in [4.78, 5) is 11.2. The van der Waals surface area contributed by atoms with Crippen LogP contribution in [0.25, 0.3) is 0 Å². The molecule has 0 aliphatic rings. The lowest BCUT2D eigenvalue weighted by atomic mass is 11.1. The first-order valence-electron chi connectivity index (χ1n) is 3.02. The predicted octanol–water partition coefficient (Wildman–Crippen LogP) is -1.97. The zero-order chi connectivity index (χ0) is 9.10. The Balaban J connectivity index is 2.19. The van der Waals surface area contributed by atoms with Gasteiger partial charge >= 0.3 is 11.6 Å². The summed E-state index contributed by atoms with van der Waals surface area (Å²) < 4.78 is 0. The molecule has 0 amide bonds. The molecular formula is C2H2N10O. The Morgan fingerprint density at radius 3 is 2.92 bits per heavy atom. The lowest BCUT2D eigenvalue weighted by Crippen LogP contribution is -2.02. The van der Waals surface area contributed by atoms with Crippen LogP contribution in [0.1, 0.15) is 0 Å². The second-order valence-corrected chi connectivity index (χ2v) is 1.80. The van der Waals surface area contributed by atoms with E-state index in [1.165, 1.54) is 0 Å². The lowest BCUT2D eigenvalue weighted by molar-refractivity contribution is 0.573. The molecule has 0 bridgehead atoms. The van der Waals surface area contributed by atoms with Crippen molar-refractivity contribution < 1.29 is 0 Å². The van der Waals surface area contributed by atoms with Crippen LogP contribution in [0, 0.1) is 0 Å². The highest BCUT2D eigenvalue weighted by Crippen LogP contribution is 1.96. The second-order valence-electron chi connectivity index (χ2n) is 1.80. The third-order valence-electron chi connectivity index (χ3n) is 0.969. The van der Waals surface area contributed by atoms with Crippen molar-refractivity contribution in [1.82, 2.24) is 40.9 Å². The van der Waals surface area contributed by atoms with Gasteiger partial charge in [0.25, 0.3) is 0 Å². The zero-order valence-corrected chi connectivity index (χ0v) is 5.99. The van der Waals surface area contributed by atoms with Gasteiger partial charge in [-0.1, -0.05) is 15.3 Å². The number of H-pyrrole nitrogens is 2. The summed E-state index contributed by atoms with van der Waals surface area (Å²) in [5.74, 6) is 0.0244. The van der Waals surface area contributed by atoms with E-state index in [4.69, 9.17) is 0 Å². The summed E-state index contributed by atoms with van der Waals surface area (Å²) >= 11 is 0. The van der Waals surface area contributed by atoms with E-state index in [0.717, 1.165) is 4.91 Å². The molecule has 0 unspecified atom stereocenters. The van der Waals surface area contributed by atoms with Gasteiger partial charge in [0.05, 0.1) is 0 Å². The summed E-state index contributed by atoms with van der Waals surface area (Å²) in [7, 11) is 0. The third kappa shape index (κ3) is 1.58. The third-order valence-corrected chi connectivity index (χ3v) is 0.969. The van der Waals surface area contributed by atoms with Gasteiger partial charge in [-0.3, -0.25) is 0 Å². The largest absolute Gasteiger partial charge is 0.382 e. The molecule has 13 heavy (non-hydrogen) atoms. The maximum Gasteiger partial charge on any atom is 0.382 e. The Kier molecular flexibility index (Phi) is 1.60. The van der Waals surface area contributed by atoms with Gasteiger partial charge in [0.15, 0.2) is 0 Å². The van der Waals surface area contributed by atoms with Crippen molar-refractivity contribution in [3.8, 4) is 0 Å². The molecule has 0 radical (unpaired) electrons. The van der Waals surface area contributed by atoms with E-state index in [1.54, 1.807) is 0 Å². The SMILES string of the molecule is O=c1nnn(/N=N/c2nn[nH]n2)[nH]1. The average Bonchev–Trinajstić information content (AvgIpc) is 2.71. The van der Waals surface area contributed by atoms with Crippen LogP contribution in [-0.2, 0) is 0 Å². The van der Waals surface area contributed by atoms with Crippen molar-refractivity contribution in [2.45, 2.75) is 0 Å². The molecule has 2 aromatic rings. The first kappa shape index (κ1) is 7.20. The minimum absolute atomic E-state index is 0.0244. The van der Waals surface area contributed by atoms with E-state index in [9.17, 15) is 4.79 Å². The van der Waals surface area contributed by atoms with Crippen LogP contribution in [0.3, 0.4) is 0 Å². The highest BCUT2D eigenvalue weighted by molar-refractivity contribution is 5.03. The molecule has 2 heterocycles. The molecule has 0 atom stereocenters. The Labute approximate surface area is 68.8 Å². The fourth-order valence-corrected chi connectivity index (χ4v) is 0.535. The molecule has 0 saturated carbocycles. The van der Waals surface area contributed by atoms with Crippen molar-refractivity contribution in [2.75, 3.05) is 0 Å². The molecule has 0 aliphatic carbocycles. The van der Waals surface area contributed by atoms with Crippen molar-refractivity contribution >= 4 is 5.95 Å². The molecule has 0 spiro atoms. The molecular weight excluding hydrogens is 180 g/mol. The molecule has 2 aromatic heterocycles. The Morgan fingerprint density at radius 1 is 1.38 bits per heavy atom. The number of hydrogen-bond donors (Lipinski definition) is 2. The van der Waals surface area contributed by atoms with E-state index >= 15 is 0 Å². The van der Waals surface area contributed by atoms with Gasteiger partial charge in [-0.2, -0.15) is 5.21 Å². The predicted molar refractivity (Wildman–Crippen MR) is 34.7 cm³/mol. The van der Waals surface area contributed by atoms with E-state index in [-0.39, 0.29) is 5.95 Å². The summed E-state index contributed by atoms with van der Waals surface area (Å²) in [5, 5.41) is 27.7. The van der Waals surface area contributed by atoms with Gasteiger partial charge in [-0.15, -0.1) is 5.10 Å². The molecule has 2 N–H and O–H groups in total. The van der Waals surface area contributed by atoms with Gasteiger partial charge in [0.2, 0.25) is 0 Å². The summed E-state index contributed by atoms with van der Waals surface area (Å²) in [6.07, 6.45) is 0. The first-order chi connectivity index (χ1) is 6.34. The fraction of sp³-hybridized carbons (Fsp3) is 0. The number of rotatable bonds is 2. The zero-order valence-electron chi connectivity index (χ0n) is 5.99. The minimum atomic E-state index is -0.618. The summed E-state index contributed by atoms with van der Waals surface area (Å²) in [6, 6.07) is 0. The molecule has 0 fully saturated rings. The number of aromatic amines is 2. The first-order valence-corrected chi connectivity index (χ1v) is 3.02. The van der Waals surface area contributed by atoms with Gasteiger partial charge in [-0.05, 0) is 20.6 Å². The molecule has 11 heteroatoms. The van der Waals surface area contributed by atoms with Crippen LogP contribution in [-0.4, -0.2) is 40.9 Å². The van der Waals surface area contributed by atoms with Crippen LogP contribution >= 0.6 is 0 Å². The van der Waals surface area contributed by atoms with Crippen molar-refractivity contribution in [3.63, 3.8) is 0 Å². The number of tetrazole rings is 2. The second kappa shape index (κ2) is 2.88. The average molecular weight is 182 g/mol. The molecule has 0 aromatic carbocycles. The van der Waals surface area contributed by atoms with Crippen LogP contribution in [0.4, 0.5) is 5.95 Å². The van der Waals surface area contributed by atoms with Gasteiger partial charge in [0, 0.05) is 0 Å². The monoisotopic (exact) mass is 182 g/mol. The maximum absolute atomic E-state index is 10.5. The van der Waals surface area contributed by atoms with Crippen LogP contribution < -0.4 is 5.69 Å². The van der Waals surface area contributed by atoms with E-state index in [0.29, 0.717) is 0 Å². The number of hydrogen-bond acceptors (Lipinski definition) is 8. The Hall–Kier alpha value is -2.46. The fourth-order valence-electron chi connectivity index (χ4n) is 0.535. The van der Waals surface area contributed by atoms with Crippen LogP contribution in [0.15, 0.2) is 15.1 Å². The van der Waals surface area contributed by atoms with Gasteiger partial charge < -0.3 is 0 Å². The number of nitrogens with zero attached hydrogens (tertiary/aromatic N) is 8. The normalized spacial score (nSPS) is 11.1. The van der Waals surface area contributed by atoms with E-state index < -0.39 is 5.69 Å². The maximum atomic E-state index is 10.5. The van der Waals surface area contributed by atoms with Crippen molar-refractivity contribution in [3.05, 3.63) is 10.5 Å². The van der Waals surface area contributed by atoms with E-state index in [2.05, 4.69) is 46.4 Å². The van der Waals surface area contributed by atoms with Crippen molar-refractivity contribution in [2.24, 2.45) is 10.3 Å². The lowest BCUT2D eigenvalue weighted by Gasteiger charge is -1.80. The van der Waals surface area contributed by atoms with E-state index in [1.807, 2.05) is 0 Å².